The van der Waals surface area contributed by atoms with Gasteiger partial charge in [-0.1, -0.05) is 36.4 Å². The first-order valence-electron chi connectivity index (χ1n) is 9.48. The maximum atomic E-state index is 11.8. The molecule has 4 aromatic rings. The number of aromatic nitrogens is 3. The fraction of sp³-hybridized carbons (Fsp3) is 0.136. The average molecular weight is 402 g/mol. The van der Waals surface area contributed by atoms with Gasteiger partial charge in [-0.05, 0) is 23.3 Å². The van der Waals surface area contributed by atoms with Crippen molar-refractivity contribution in [3.8, 4) is 22.6 Å². The SMILES string of the molecule is CN(Cc1ccccc1-c1cnc(Nc2ccc(-c3cnc[nH]3)cc2)o1)C(=O)CN. The Labute approximate surface area is 173 Å². The maximum absolute atomic E-state index is 11.8. The molecule has 0 saturated carbocycles. The molecule has 0 aliphatic heterocycles. The predicted octanol–water partition coefficient (Wildman–Crippen LogP) is 3.39. The largest absolute Gasteiger partial charge is 0.423 e. The van der Waals surface area contributed by atoms with Crippen molar-refractivity contribution in [2.75, 3.05) is 18.9 Å². The second-order valence-corrected chi connectivity index (χ2v) is 6.81. The monoisotopic (exact) mass is 402 g/mol. The van der Waals surface area contributed by atoms with E-state index in [1.54, 1.807) is 30.7 Å². The Morgan fingerprint density at radius 1 is 1.17 bits per heavy atom. The lowest BCUT2D eigenvalue weighted by Crippen LogP contribution is -2.32. The molecule has 0 saturated heterocycles. The third kappa shape index (κ3) is 4.23. The fourth-order valence-corrected chi connectivity index (χ4v) is 3.12. The van der Waals surface area contributed by atoms with E-state index in [0.717, 1.165) is 28.1 Å². The molecule has 2 aromatic carbocycles. The number of nitrogens with one attached hydrogen (secondary N) is 2. The van der Waals surface area contributed by atoms with Crippen molar-refractivity contribution in [1.29, 1.82) is 0 Å². The summed E-state index contributed by atoms with van der Waals surface area (Å²) in [7, 11) is 1.73. The zero-order valence-corrected chi connectivity index (χ0v) is 16.5. The number of aromatic amines is 1. The molecule has 8 heteroatoms. The van der Waals surface area contributed by atoms with Gasteiger partial charge in [-0.2, -0.15) is 0 Å². The number of H-pyrrole nitrogens is 1. The highest BCUT2D eigenvalue weighted by molar-refractivity contribution is 5.78. The molecule has 0 spiro atoms. The molecule has 0 bridgehead atoms. The number of benzene rings is 2. The van der Waals surface area contributed by atoms with Crippen molar-refractivity contribution in [1.82, 2.24) is 19.9 Å². The molecule has 2 aromatic heterocycles. The van der Waals surface area contributed by atoms with Crippen LogP contribution in [0.1, 0.15) is 5.56 Å². The number of oxazole rings is 1. The highest BCUT2D eigenvalue weighted by atomic mass is 16.4. The third-order valence-corrected chi connectivity index (χ3v) is 4.74. The third-order valence-electron chi connectivity index (χ3n) is 4.74. The van der Waals surface area contributed by atoms with Gasteiger partial charge < -0.3 is 25.4 Å². The van der Waals surface area contributed by atoms with Gasteiger partial charge in [-0.3, -0.25) is 4.79 Å². The van der Waals surface area contributed by atoms with Crippen LogP contribution in [0.4, 0.5) is 11.7 Å². The zero-order chi connectivity index (χ0) is 20.9. The van der Waals surface area contributed by atoms with Crippen LogP contribution in [0.5, 0.6) is 0 Å². The Morgan fingerprint density at radius 2 is 1.97 bits per heavy atom. The van der Waals surface area contributed by atoms with E-state index in [9.17, 15) is 4.79 Å². The summed E-state index contributed by atoms with van der Waals surface area (Å²) in [5.74, 6) is 0.499. The van der Waals surface area contributed by atoms with Gasteiger partial charge in [-0.15, -0.1) is 0 Å². The Hall–Kier alpha value is -3.91. The van der Waals surface area contributed by atoms with Crippen molar-refractivity contribution in [3.63, 3.8) is 0 Å². The van der Waals surface area contributed by atoms with Crippen LogP contribution >= 0.6 is 0 Å². The molecule has 152 valence electrons. The van der Waals surface area contributed by atoms with E-state index in [-0.39, 0.29) is 12.5 Å². The van der Waals surface area contributed by atoms with E-state index >= 15 is 0 Å². The van der Waals surface area contributed by atoms with Crippen LogP contribution in [0.25, 0.3) is 22.6 Å². The summed E-state index contributed by atoms with van der Waals surface area (Å²) in [6.07, 6.45) is 5.10. The predicted molar refractivity (Wildman–Crippen MR) is 115 cm³/mol. The second-order valence-electron chi connectivity index (χ2n) is 6.81. The number of hydrogen-bond donors (Lipinski definition) is 3. The quantitative estimate of drug-likeness (QED) is 0.437. The molecule has 0 fully saturated rings. The number of rotatable bonds is 7. The van der Waals surface area contributed by atoms with Crippen LogP contribution in [0.15, 0.2) is 71.7 Å². The molecular formula is C22H22N6O2. The highest BCUT2D eigenvalue weighted by Gasteiger charge is 2.14. The molecule has 8 nitrogen and oxygen atoms in total. The molecule has 0 radical (unpaired) electrons. The van der Waals surface area contributed by atoms with E-state index in [1.807, 2.05) is 48.5 Å². The van der Waals surface area contributed by atoms with Crippen LogP contribution in [0.2, 0.25) is 0 Å². The molecule has 1 amide bonds. The lowest BCUT2D eigenvalue weighted by atomic mass is 10.1. The summed E-state index contributed by atoms with van der Waals surface area (Å²) in [5.41, 5.74) is 10.1. The van der Waals surface area contributed by atoms with Crippen LogP contribution in [0, 0.1) is 0 Å². The van der Waals surface area contributed by atoms with E-state index < -0.39 is 0 Å². The molecule has 0 aliphatic rings. The number of amides is 1. The summed E-state index contributed by atoms with van der Waals surface area (Å²) in [5, 5.41) is 3.17. The van der Waals surface area contributed by atoms with E-state index in [1.165, 1.54) is 0 Å². The summed E-state index contributed by atoms with van der Waals surface area (Å²) in [4.78, 5) is 24.9. The lowest BCUT2D eigenvalue weighted by molar-refractivity contribution is -0.128. The smallest absolute Gasteiger partial charge is 0.299 e. The topological polar surface area (TPSA) is 113 Å². The minimum absolute atomic E-state index is 0.0196. The summed E-state index contributed by atoms with van der Waals surface area (Å²) < 4.78 is 5.92. The number of imidazole rings is 1. The number of carbonyl (C=O) groups is 1. The zero-order valence-electron chi connectivity index (χ0n) is 16.5. The van der Waals surface area contributed by atoms with Crippen molar-refractivity contribution in [2.45, 2.75) is 6.54 Å². The molecule has 4 N–H and O–H groups in total. The van der Waals surface area contributed by atoms with Crippen LogP contribution < -0.4 is 11.1 Å². The van der Waals surface area contributed by atoms with Crippen molar-refractivity contribution < 1.29 is 9.21 Å². The minimum Gasteiger partial charge on any atom is -0.423 e. The van der Waals surface area contributed by atoms with Gasteiger partial charge in [0.1, 0.15) is 0 Å². The minimum atomic E-state index is -0.122. The Balaban J connectivity index is 1.50. The summed E-state index contributed by atoms with van der Waals surface area (Å²) in [6, 6.07) is 16.0. The van der Waals surface area contributed by atoms with Gasteiger partial charge in [0.05, 0.1) is 31.0 Å². The molecule has 2 heterocycles. The van der Waals surface area contributed by atoms with Gasteiger partial charge in [0.25, 0.3) is 6.01 Å². The number of anilines is 2. The Kier molecular flexibility index (Phi) is 5.58. The van der Waals surface area contributed by atoms with Gasteiger partial charge in [0, 0.05) is 24.8 Å². The first-order valence-corrected chi connectivity index (χ1v) is 9.48. The normalized spacial score (nSPS) is 10.7. The van der Waals surface area contributed by atoms with E-state index in [0.29, 0.717) is 18.3 Å². The second kappa shape index (κ2) is 8.62. The number of likely N-dealkylation sites (N-methyl/N-ethyl adjacent to an activating group) is 1. The fourth-order valence-electron chi connectivity index (χ4n) is 3.12. The standard InChI is InChI=1S/C22H22N6O2/c1-28(21(29)10-23)13-16-4-2-3-5-18(16)20-12-25-22(30-20)27-17-8-6-15(7-9-17)19-11-24-14-26-19/h2-9,11-12,14H,10,13,23H2,1H3,(H,24,26)(H,25,27). The lowest BCUT2D eigenvalue weighted by Gasteiger charge is -2.17. The van der Waals surface area contributed by atoms with Gasteiger partial charge >= 0.3 is 0 Å². The summed E-state index contributed by atoms with van der Waals surface area (Å²) in [6.45, 7) is 0.416. The first-order chi connectivity index (χ1) is 14.6. The van der Waals surface area contributed by atoms with E-state index in [2.05, 4.69) is 20.3 Å². The molecule has 4 rings (SSSR count). The van der Waals surface area contributed by atoms with E-state index in [4.69, 9.17) is 10.2 Å². The molecule has 0 atom stereocenters. The molecule has 0 unspecified atom stereocenters. The van der Waals surface area contributed by atoms with Gasteiger partial charge in [0.15, 0.2) is 5.76 Å². The van der Waals surface area contributed by atoms with Gasteiger partial charge in [-0.25, -0.2) is 9.97 Å². The summed E-state index contributed by atoms with van der Waals surface area (Å²) >= 11 is 0. The van der Waals surface area contributed by atoms with Crippen molar-refractivity contribution >= 4 is 17.6 Å². The number of carbonyl (C=O) groups excluding carboxylic acids is 1. The average Bonchev–Trinajstić information content (AvgIpc) is 3.46. The molecule has 0 aliphatic carbocycles. The maximum Gasteiger partial charge on any atom is 0.299 e. The van der Waals surface area contributed by atoms with Crippen LogP contribution in [-0.4, -0.2) is 39.4 Å². The van der Waals surface area contributed by atoms with Crippen molar-refractivity contribution in [2.24, 2.45) is 5.73 Å². The Morgan fingerprint density at radius 3 is 2.70 bits per heavy atom. The van der Waals surface area contributed by atoms with Crippen LogP contribution in [0.3, 0.4) is 0 Å². The molecule has 30 heavy (non-hydrogen) atoms. The number of hydrogen-bond acceptors (Lipinski definition) is 6. The van der Waals surface area contributed by atoms with Crippen molar-refractivity contribution in [3.05, 3.63) is 72.8 Å². The first kappa shape index (κ1) is 19.4. The Bertz CT molecular complexity index is 1120. The van der Waals surface area contributed by atoms with Gasteiger partial charge in [0.2, 0.25) is 5.91 Å². The highest BCUT2D eigenvalue weighted by Crippen LogP contribution is 2.28. The number of nitrogens with zero attached hydrogens (tertiary/aromatic N) is 3. The van der Waals surface area contributed by atoms with Crippen LogP contribution in [-0.2, 0) is 11.3 Å². The molecular weight excluding hydrogens is 380 g/mol. The number of nitrogens with two attached hydrogens (primary N) is 1.